The van der Waals surface area contributed by atoms with Crippen LogP contribution in [0.25, 0.3) is 22.2 Å². The fraction of sp³-hybridized carbons (Fsp3) is 0.400. The molecule has 31 heavy (non-hydrogen) atoms. The minimum Gasteiger partial charge on any atom is -0.503 e. The maximum Gasteiger partial charge on any atom is 0.419 e. The highest BCUT2D eigenvalue weighted by Gasteiger charge is 2.38. The molecule has 1 aromatic carbocycles. The minimum atomic E-state index is -5.12. The van der Waals surface area contributed by atoms with E-state index in [0.29, 0.717) is 17.4 Å². The highest BCUT2D eigenvalue weighted by atomic mass is 19.4. The van der Waals surface area contributed by atoms with Gasteiger partial charge in [-0.05, 0) is 18.9 Å². The number of alkyl halides is 3. The van der Waals surface area contributed by atoms with Crippen molar-refractivity contribution in [3.05, 3.63) is 35.5 Å². The van der Waals surface area contributed by atoms with Crippen molar-refractivity contribution in [3.63, 3.8) is 0 Å². The van der Waals surface area contributed by atoms with E-state index in [9.17, 15) is 27.1 Å². The fourth-order valence-corrected chi connectivity index (χ4v) is 3.84. The number of rotatable bonds is 3. The summed E-state index contributed by atoms with van der Waals surface area (Å²) in [6.45, 7) is 1.44. The van der Waals surface area contributed by atoms with Crippen LogP contribution < -0.4 is 4.90 Å². The maximum absolute atomic E-state index is 14.5. The highest BCUT2D eigenvalue weighted by molar-refractivity contribution is 5.94. The monoisotopic (exact) mass is 442 g/mol. The first-order valence-electron chi connectivity index (χ1n) is 9.50. The molecule has 0 aliphatic carbocycles. The van der Waals surface area contributed by atoms with E-state index < -0.39 is 34.7 Å². The van der Waals surface area contributed by atoms with Gasteiger partial charge in [0, 0.05) is 50.5 Å². The van der Waals surface area contributed by atoms with Crippen LogP contribution in [0.15, 0.2) is 18.3 Å². The third-order valence-corrected chi connectivity index (χ3v) is 5.56. The van der Waals surface area contributed by atoms with Crippen LogP contribution in [-0.2, 0) is 18.0 Å². The molecule has 6 nitrogen and oxygen atoms in total. The third kappa shape index (κ3) is 3.67. The smallest absolute Gasteiger partial charge is 0.419 e. The summed E-state index contributed by atoms with van der Waals surface area (Å²) < 4.78 is 74.6. The Bertz CT molecular complexity index is 1140. The van der Waals surface area contributed by atoms with Gasteiger partial charge in [-0.1, -0.05) is 0 Å². The number of piperidine rings is 1. The van der Waals surface area contributed by atoms with Crippen molar-refractivity contribution in [1.82, 2.24) is 14.8 Å². The molecule has 11 heteroatoms. The molecule has 0 atom stereocenters. The van der Waals surface area contributed by atoms with Crippen molar-refractivity contribution in [2.45, 2.75) is 25.1 Å². The Morgan fingerprint density at radius 1 is 1.13 bits per heavy atom. The topological polar surface area (TPSA) is 63.4 Å². The second kappa shape index (κ2) is 7.63. The number of phenols is 1. The van der Waals surface area contributed by atoms with Crippen molar-refractivity contribution in [2.24, 2.45) is 7.05 Å². The van der Waals surface area contributed by atoms with Gasteiger partial charge in [0.2, 0.25) is 0 Å². The molecular formula is C20H19F5N4O2. The third-order valence-electron chi connectivity index (χ3n) is 5.56. The average Bonchev–Trinajstić information content (AvgIpc) is 3.07. The fourth-order valence-electron chi connectivity index (χ4n) is 3.84. The van der Waals surface area contributed by atoms with E-state index in [1.165, 1.54) is 10.9 Å². The lowest BCUT2D eigenvalue weighted by Crippen LogP contribution is -2.37. The van der Waals surface area contributed by atoms with Crippen LogP contribution in [0.2, 0.25) is 0 Å². The van der Waals surface area contributed by atoms with Crippen molar-refractivity contribution in [3.8, 4) is 17.0 Å². The average molecular weight is 442 g/mol. The molecule has 2 aromatic heterocycles. The molecule has 0 unspecified atom stereocenters. The van der Waals surface area contributed by atoms with E-state index in [-0.39, 0.29) is 17.2 Å². The van der Waals surface area contributed by atoms with E-state index >= 15 is 0 Å². The van der Waals surface area contributed by atoms with Gasteiger partial charge in [0.1, 0.15) is 11.5 Å². The molecule has 0 amide bonds. The van der Waals surface area contributed by atoms with Gasteiger partial charge >= 0.3 is 6.18 Å². The number of anilines is 1. The zero-order chi connectivity index (χ0) is 22.5. The van der Waals surface area contributed by atoms with E-state index in [4.69, 9.17) is 4.74 Å². The van der Waals surface area contributed by atoms with Crippen LogP contribution in [0.1, 0.15) is 18.4 Å². The lowest BCUT2D eigenvalue weighted by molar-refractivity contribution is -0.140. The van der Waals surface area contributed by atoms with E-state index in [1.54, 1.807) is 20.2 Å². The van der Waals surface area contributed by atoms with Gasteiger partial charge in [0.15, 0.2) is 17.4 Å². The SMILES string of the molecule is COC1CCN(c2cc3c(cn2)c(-c2cc(C(F)(F)F)c(F)c(O)c2F)nn3C)CC1. The van der Waals surface area contributed by atoms with Crippen molar-refractivity contribution in [1.29, 1.82) is 0 Å². The predicted molar refractivity (Wildman–Crippen MR) is 103 cm³/mol. The second-order valence-corrected chi connectivity index (χ2v) is 7.40. The number of aromatic hydroxyl groups is 1. The zero-order valence-electron chi connectivity index (χ0n) is 16.7. The van der Waals surface area contributed by atoms with Gasteiger partial charge in [0.05, 0.1) is 17.2 Å². The van der Waals surface area contributed by atoms with Crippen LogP contribution >= 0.6 is 0 Å². The van der Waals surface area contributed by atoms with Crippen molar-refractivity contribution in [2.75, 3.05) is 25.1 Å². The van der Waals surface area contributed by atoms with Gasteiger partial charge in [-0.15, -0.1) is 0 Å². The van der Waals surface area contributed by atoms with Crippen molar-refractivity contribution < 1.29 is 31.8 Å². The van der Waals surface area contributed by atoms with E-state index in [1.807, 2.05) is 4.90 Å². The minimum absolute atomic E-state index is 0.173. The summed E-state index contributed by atoms with van der Waals surface area (Å²) in [5, 5.41) is 14.0. The number of methoxy groups -OCH3 is 1. The van der Waals surface area contributed by atoms with E-state index in [2.05, 4.69) is 10.1 Å². The number of fused-ring (bicyclic) bond motifs is 1. The van der Waals surface area contributed by atoms with Gasteiger partial charge < -0.3 is 14.7 Å². The molecule has 0 radical (unpaired) electrons. The quantitative estimate of drug-likeness (QED) is 0.615. The summed E-state index contributed by atoms with van der Waals surface area (Å²) >= 11 is 0. The second-order valence-electron chi connectivity index (χ2n) is 7.40. The normalized spacial score (nSPS) is 15.8. The Morgan fingerprint density at radius 3 is 2.42 bits per heavy atom. The molecule has 1 aliphatic heterocycles. The summed E-state index contributed by atoms with van der Waals surface area (Å²) in [7, 11) is 3.22. The Hall–Kier alpha value is -2.95. The van der Waals surface area contributed by atoms with E-state index in [0.717, 1.165) is 25.9 Å². The number of pyridine rings is 1. The molecular weight excluding hydrogens is 423 g/mol. The van der Waals surface area contributed by atoms with Gasteiger partial charge in [0.25, 0.3) is 0 Å². The molecule has 1 aliphatic rings. The number of phenolic OH excluding ortho intramolecular Hbond substituents is 1. The number of hydrogen-bond donors (Lipinski definition) is 1. The summed E-state index contributed by atoms with van der Waals surface area (Å²) in [6.07, 6.45) is -1.89. The molecule has 0 saturated carbocycles. The molecule has 0 bridgehead atoms. The number of halogens is 5. The highest BCUT2D eigenvalue weighted by Crippen LogP contribution is 2.41. The van der Waals surface area contributed by atoms with Crippen LogP contribution in [0, 0.1) is 11.6 Å². The van der Waals surface area contributed by atoms with Gasteiger partial charge in [-0.25, -0.2) is 13.8 Å². The number of hydrogen-bond acceptors (Lipinski definition) is 5. The summed E-state index contributed by atoms with van der Waals surface area (Å²) in [6, 6.07) is 2.03. The molecule has 3 aromatic rings. The first-order chi connectivity index (χ1) is 14.6. The summed E-state index contributed by atoms with van der Waals surface area (Å²) in [5.74, 6) is -4.63. The standard InChI is InChI=1S/C20H19F5N4O2/c1-28-14-8-15(29-5-3-10(31-2)4-6-29)26-9-12(14)18(27-28)11-7-13(20(23,24)25)17(22)19(30)16(11)21/h7-10,30H,3-6H2,1-2H3. The summed E-state index contributed by atoms with van der Waals surface area (Å²) in [4.78, 5) is 6.42. The summed E-state index contributed by atoms with van der Waals surface area (Å²) in [5.41, 5.74) is -2.10. The largest absolute Gasteiger partial charge is 0.503 e. The van der Waals surface area contributed by atoms with Crippen LogP contribution in [-0.4, -0.2) is 46.2 Å². The first-order valence-corrected chi connectivity index (χ1v) is 9.50. The molecule has 4 rings (SSSR count). The molecule has 0 spiro atoms. The first kappa shape index (κ1) is 21.3. The molecule has 1 saturated heterocycles. The maximum atomic E-state index is 14.5. The number of aromatic nitrogens is 3. The lowest BCUT2D eigenvalue weighted by Gasteiger charge is -2.32. The molecule has 1 N–H and O–H groups in total. The number of nitrogens with zero attached hydrogens (tertiary/aromatic N) is 4. The van der Waals surface area contributed by atoms with Gasteiger partial charge in [-0.2, -0.15) is 18.3 Å². The zero-order valence-corrected chi connectivity index (χ0v) is 16.7. The molecule has 1 fully saturated rings. The predicted octanol–water partition coefficient (Wildman–Crippen LogP) is 4.25. The number of ether oxygens (including phenoxy) is 1. The van der Waals surface area contributed by atoms with Crippen molar-refractivity contribution >= 4 is 16.7 Å². The van der Waals surface area contributed by atoms with Crippen LogP contribution in [0.4, 0.5) is 27.8 Å². The Balaban J connectivity index is 1.79. The number of aryl methyl sites for hydroxylation is 1. The number of benzene rings is 1. The molecule has 3 heterocycles. The lowest BCUT2D eigenvalue weighted by atomic mass is 10.0. The van der Waals surface area contributed by atoms with Crippen LogP contribution in [0.5, 0.6) is 5.75 Å². The van der Waals surface area contributed by atoms with Crippen LogP contribution in [0.3, 0.4) is 0 Å². The Labute approximate surface area is 173 Å². The molecule has 166 valence electrons. The Kier molecular flexibility index (Phi) is 5.24. The van der Waals surface area contributed by atoms with Gasteiger partial charge in [-0.3, -0.25) is 4.68 Å². The Morgan fingerprint density at radius 2 is 1.81 bits per heavy atom.